The summed E-state index contributed by atoms with van der Waals surface area (Å²) in [5.41, 5.74) is 0.281. The van der Waals surface area contributed by atoms with Crippen LogP contribution < -0.4 is 5.32 Å². The molecule has 3 rings (SSSR count). The Labute approximate surface area is 152 Å². The van der Waals surface area contributed by atoms with E-state index >= 15 is 0 Å². The molecule has 1 saturated heterocycles. The molecule has 3 atom stereocenters. The van der Waals surface area contributed by atoms with Crippen LogP contribution in [-0.4, -0.2) is 36.3 Å². The third-order valence-electron chi connectivity index (χ3n) is 5.61. The van der Waals surface area contributed by atoms with Crippen molar-refractivity contribution in [2.45, 2.75) is 32.6 Å². The van der Waals surface area contributed by atoms with Crippen molar-refractivity contribution in [3.63, 3.8) is 0 Å². The Morgan fingerprint density at radius 3 is 2.84 bits per heavy atom. The molecule has 0 bridgehead atoms. The minimum atomic E-state index is -0.587. The molecule has 2 fully saturated rings. The van der Waals surface area contributed by atoms with Crippen LogP contribution in [0.4, 0.5) is 4.39 Å². The van der Waals surface area contributed by atoms with Gasteiger partial charge in [0.2, 0.25) is 5.91 Å². The second kappa shape index (κ2) is 7.73. The molecule has 2 aliphatic rings. The van der Waals surface area contributed by atoms with E-state index in [4.69, 9.17) is 11.6 Å². The fraction of sp³-hybridized carbons (Fsp3) is 0.579. The van der Waals surface area contributed by atoms with Crippen molar-refractivity contribution in [2.24, 2.45) is 17.8 Å². The van der Waals surface area contributed by atoms with E-state index in [1.165, 1.54) is 18.2 Å². The number of hydrogen-bond acceptors (Lipinski definition) is 2. The molecule has 0 aromatic heterocycles. The maximum atomic E-state index is 13.5. The largest absolute Gasteiger partial charge is 0.352 e. The van der Waals surface area contributed by atoms with Crippen molar-refractivity contribution in [3.8, 4) is 0 Å². The van der Waals surface area contributed by atoms with Crippen LogP contribution in [0, 0.1) is 23.6 Å². The van der Waals surface area contributed by atoms with E-state index in [1.807, 2.05) is 11.8 Å². The zero-order valence-corrected chi connectivity index (χ0v) is 15.2. The van der Waals surface area contributed by atoms with E-state index in [0.717, 1.165) is 32.4 Å². The van der Waals surface area contributed by atoms with Gasteiger partial charge in [0.1, 0.15) is 5.82 Å². The molecule has 1 aromatic carbocycles. The fourth-order valence-electron chi connectivity index (χ4n) is 4.24. The molecule has 1 N–H and O–H groups in total. The summed E-state index contributed by atoms with van der Waals surface area (Å²) >= 11 is 5.66. The minimum Gasteiger partial charge on any atom is -0.352 e. The highest BCUT2D eigenvalue weighted by Gasteiger charge is 2.41. The third kappa shape index (κ3) is 3.97. The number of rotatable bonds is 4. The van der Waals surface area contributed by atoms with Crippen LogP contribution in [0.3, 0.4) is 0 Å². The van der Waals surface area contributed by atoms with Crippen LogP contribution in [0.1, 0.15) is 43.0 Å². The molecule has 1 aliphatic carbocycles. The van der Waals surface area contributed by atoms with Crippen LogP contribution in [0.2, 0.25) is 5.02 Å². The van der Waals surface area contributed by atoms with Crippen LogP contribution in [-0.2, 0) is 4.79 Å². The Balaban J connectivity index is 1.59. The maximum absolute atomic E-state index is 13.5. The molecule has 1 heterocycles. The van der Waals surface area contributed by atoms with Gasteiger partial charge in [-0.2, -0.15) is 0 Å². The van der Waals surface area contributed by atoms with Gasteiger partial charge in [0.05, 0.1) is 5.02 Å². The van der Waals surface area contributed by atoms with Crippen LogP contribution in [0.25, 0.3) is 0 Å². The zero-order valence-electron chi connectivity index (χ0n) is 14.4. The molecule has 1 aliphatic heterocycles. The Bertz CT molecular complexity index is 667. The molecule has 0 radical (unpaired) electrons. The van der Waals surface area contributed by atoms with Crippen molar-refractivity contribution in [1.29, 1.82) is 0 Å². The van der Waals surface area contributed by atoms with Crippen molar-refractivity contribution in [2.75, 3.05) is 19.6 Å². The van der Waals surface area contributed by atoms with Crippen LogP contribution in [0.15, 0.2) is 18.2 Å². The number of halogens is 2. The van der Waals surface area contributed by atoms with Crippen LogP contribution in [0.5, 0.6) is 0 Å². The van der Waals surface area contributed by atoms with Crippen molar-refractivity contribution >= 4 is 23.4 Å². The molecule has 4 nitrogen and oxygen atoms in total. The summed E-state index contributed by atoms with van der Waals surface area (Å²) in [6.45, 7) is 4.11. The van der Waals surface area contributed by atoms with Gasteiger partial charge in [0.25, 0.3) is 5.91 Å². The Morgan fingerprint density at radius 2 is 2.12 bits per heavy atom. The van der Waals surface area contributed by atoms with Gasteiger partial charge in [-0.3, -0.25) is 9.59 Å². The molecule has 1 saturated carbocycles. The van der Waals surface area contributed by atoms with E-state index in [2.05, 4.69) is 5.32 Å². The van der Waals surface area contributed by atoms with E-state index in [-0.39, 0.29) is 22.4 Å². The zero-order chi connectivity index (χ0) is 18.0. The summed E-state index contributed by atoms with van der Waals surface area (Å²) in [4.78, 5) is 26.2. The molecule has 0 spiro atoms. The van der Waals surface area contributed by atoms with Gasteiger partial charge in [-0.25, -0.2) is 4.39 Å². The number of amides is 2. The summed E-state index contributed by atoms with van der Waals surface area (Å²) in [6, 6.07) is 4.09. The van der Waals surface area contributed by atoms with Gasteiger partial charge in [-0.15, -0.1) is 0 Å². The Morgan fingerprint density at radius 1 is 1.32 bits per heavy atom. The molecule has 6 heteroatoms. The molecule has 136 valence electrons. The van der Waals surface area contributed by atoms with Gasteiger partial charge in [-0.05, 0) is 48.8 Å². The lowest BCUT2D eigenvalue weighted by Crippen LogP contribution is -2.37. The first-order chi connectivity index (χ1) is 12.0. The number of hydrogen-bond donors (Lipinski definition) is 1. The quantitative estimate of drug-likeness (QED) is 0.886. The van der Waals surface area contributed by atoms with Gasteiger partial charge in [0, 0.05) is 31.6 Å². The number of nitrogens with zero attached hydrogens (tertiary/aromatic N) is 1. The highest BCUT2D eigenvalue weighted by molar-refractivity contribution is 6.30. The predicted octanol–water partition coefficient (Wildman–Crippen LogP) is 3.49. The molecule has 25 heavy (non-hydrogen) atoms. The minimum absolute atomic E-state index is 0.0123. The molecule has 2 amide bonds. The molecular weight excluding hydrogens is 343 g/mol. The van der Waals surface area contributed by atoms with E-state index in [1.54, 1.807) is 0 Å². The average molecular weight is 367 g/mol. The van der Waals surface area contributed by atoms with Crippen LogP contribution >= 0.6 is 11.6 Å². The maximum Gasteiger partial charge on any atom is 0.251 e. The normalized spacial score (nSPS) is 25.6. The van der Waals surface area contributed by atoms with Crippen molar-refractivity contribution in [3.05, 3.63) is 34.6 Å². The standard InChI is InChI=1S/C19H24ClFN2O2/c1-2-18(24)23-10-14-5-3-4-13(15(14)11-23)9-22-19(25)12-6-7-16(20)17(21)8-12/h6-8,13-15H,2-5,9-11H2,1H3,(H,22,25)/t13-,14-,15-/m1/s1. The number of likely N-dealkylation sites (tertiary alicyclic amines) is 1. The van der Waals surface area contributed by atoms with Crippen molar-refractivity contribution in [1.82, 2.24) is 10.2 Å². The van der Waals surface area contributed by atoms with Gasteiger partial charge in [0.15, 0.2) is 0 Å². The SMILES string of the molecule is CCC(=O)N1C[C@H]2CCC[C@H](CNC(=O)c3ccc(Cl)c(F)c3)[C@H]2C1. The van der Waals surface area contributed by atoms with Gasteiger partial charge >= 0.3 is 0 Å². The van der Waals surface area contributed by atoms with E-state index in [9.17, 15) is 14.0 Å². The monoisotopic (exact) mass is 366 g/mol. The summed E-state index contributed by atoms with van der Waals surface area (Å²) < 4.78 is 13.5. The summed E-state index contributed by atoms with van der Waals surface area (Å²) in [5, 5.41) is 2.95. The number of carbonyl (C=O) groups is 2. The highest BCUT2D eigenvalue weighted by atomic mass is 35.5. The number of nitrogens with one attached hydrogen (secondary N) is 1. The first-order valence-corrected chi connectivity index (χ1v) is 9.38. The Kier molecular flexibility index (Phi) is 5.62. The number of fused-ring (bicyclic) bond motifs is 1. The summed E-state index contributed by atoms with van der Waals surface area (Å²) in [7, 11) is 0. The topological polar surface area (TPSA) is 49.4 Å². The predicted molar refractivity (Wildman–Crippen MR) is 94.9 cm³/mol. The first-order valence-electron chi connectivity index (χ1n) is 9.00. The van der Waals surface area contributed by atoms with Gasteiger partial charge < -0.3 is 10.2 Å². The smallest absolute Gasteiger partial charge is 0.251 e. The number of carbonyl (C=O) groups excluding carboxylic acids is 2. The van der Waals surface area contributed by atoms with E-state index < -0.39 is 5.82 Å². The highest BCUT2D eigenvalue weighted by Crippen LogP contribution is 2.40. The lowest BCUT2D eigenvalue weighted by Gasteiger charge is -2.32. The molecule has 0 unspecified atom stereocenters. The third-order valence-corrected chi connectivity index (χ3v) is 5.92. The molecule has 1 aromatic rings. The molecular formula is C19H24ClFN2O2. The lowest BCUT2D eigenvalue weighted by molar-refractivity contribution is -0.130. The average Bonchev–Trinajstić information content (AvgIpc) is 3.06. The lowest BCUT2D eigenvalue weighted by atomic mass is 9.74. The van der Waals surface area contributed by atoms with E-state index in [0.29, 0.717) is 30.7 Å². The second-order valence-electron chi connectivity index (χ2n) is 7.11. The summed E-state index contributed by atoms with van der Waals surface area (Å²) in [6.07, 6.45) is 3.89. The van der Waals surface area contributed by atoms with Crippen molar-refractivity contribution < 1.29 is 14.0 Å². The fourth-order valence-corrected chi connectivity index (χ4v) is 4.35. The second-order valence-corrected chi connectivity index (χ2v) is 7.51. The summed E-state index contributed by atoms with van der Waals surface area (Å²) in [5.74, 6) is 0.711. The van der Waals surface area contributed by atoms with Gasteiger partial charge in [-0.1, -0.05) is 24.9 Å². The Hall–Kier alpha value is -1.62. The number of benzene rings is 1. The first kappa shape index (κ1) is 18.2.